The van der Waals surface area contributed by atoms with E-state index in [9.17, 15) is 8.42 Å². The largest absolute Gasteiger partial charge is 0.244 e. The van der Waals surface area contributed by atoms with Crippen molar-refractivity contribution in [3.05, 3.63) is 28.7 Å². The molecule has 1 aromatic rings. The lowest BCUT2D eigenvalue weighted by Gasteiger charge is -2.20. The average Bonchev–Trinajstić information content (AvgIpc) is 2.39. The molecule has 0 aromatic heterocycles. The van der Waals surface area contributed by atoms with E-state index in [4.69, 9.17) is 10.5 Å². The number of nitriles is 2. The van der Waals surface area contributed by atoms with Gasteiger partial charge >= 0.3 is 0 Å². The van der Waals surface area contributed by atoms with E-state index in [1.807, 2.05) is 12.1 Å². The molecule has 100 valence electrons. The first-order chi connectivity index (χ1) is 9.04. The van der Waals surface area contributed by atoms with Crippen LogP contribution >= 0.6 is 15.9 Å². The Hall–Kier alpha value is -1.41. The lowest BCUT2D eigenvalue weighted by Crippen LogP contribution is -2.33. The molecule has 0 spiro atoms. The summed E-state index contributed by atoms with van der Waals surface area (Å²) in [4.78, 5) is 0.144. The fourth-order valence-corrected chi connectivity index (χ4v) is 3.90. The van der Waals surface area contributed by atoms with Crippen molar-refractivity contribution in [2.45, 2.75) is 17.7 Å². The topological polar surface area (TPSA) is 85.0 Å². The summed E-state index contributed by atoms with van der Waals surface area (Å²) in [7, 11) is -3.69. The van der Waals surface area contributed by atoms with E-state index in [2.05, 4.69) is 15.9 Å². The van der Waals surface area contributed by atoms with Gasteiger partial charge in [0.2, 0.25) is 10.0 Å². The smallest absolute Gasteiger partial charge is 0.207 e. The number of nitrogens with zero attached hydrogens (tertiary/aromatic N) is 3. The number of benzene rings is 1. The Morgan fingerprint density at radius 1 is 1.11 bits per heavy atom. The highest BCUT2D eigenvalue weighted by Gasteiger charge is 2.25. The van der Waals surface area contributed by atoms with E-state index in [1.54, 1.807) is 18.2 Å². The van der Waals surface area contributed by atoms with Crippen molar-refractivity contribution in [2.24, 2.45) is 0 Å². The van der Waals surface area contributed by atoms with E-state index < -0.39 is 10.0 Å². The minimum absolute atomic E-state index is 0.0852. The van der Waals surface area contributed by atoms with Crippen LogP contribution in [0.25, 0.3) is 0 Å². The molecule has 19 heavy (non-hydrogen) atoms. The van der Waals surface area contributed by atoms with Crippen LogP contribution < -0.4 is 0 Å². The van der Waals surface area contributed by atoms with E-state index >= 15 is 0 Å². The molecule has 0 radical (unpaired) electrons. The van der Waals surface area contributed by atoms with Crippen LogP contribution in [0.2, 0.25) is 0 Å². The minimum Gasteiger partial charge on any atom is -0.207 e. The summed E-state index contributed by atoms with van der Waals surface area (Å²) in [5, 5.41) is 17.2. The maximum absolute atomic E-state index is 12.4. The number of hydrogen-bond donors (Lipinski definition) is 0. The van der Waals surface area contributed by atoms with Crippen LogP contribution in [0, 0.1) is 22.7 Å². The second-order valence-electron chi connectivity index (χ2n) is 3.65. The SMILES string of the molecule is N#CCCN(CCC#N)S(=O)(=O)c1ccccc1Br. The lowest BCUT2D eigenvalue weighted by atomic mass is 10.4. The molecule has 1 rings (SSSR count). The molecule has 5 nitrogen and oxygen atoms in total. The summed E-state index contributed by atoms with van der Waals surface area (Å²) < 4.78 is 26.5. The van der Waals surface area contributed by atoms with Gasteiger partial charge in [-0.25, -0.2) is 8.42 Å². The third kappa shape index (κ3) is 4.03. The minimum atomic E-state index is -3.69. The zero-order valence-corrected chi connectivity index (χ0v) is 12.5. The molecule has 0 heterocycles. The van der Waals surface area contributed by atoms with Crippen LogP contribution in [-0.2, 0) is 10.0 Å². The maximum atomic E-state index is 12.4. The van der Waals surface area contributed by atoms with Crippen molar-refractivity contribution in [3.63, 3.8) is 0 Å². The van der Waals surface area contributed by atoms with Crippen LogP contribution in [0.3, 0.4) is 0 Å². The molecule has 0 saturated carbocycles. The summed E-state index contributed by atoms with van der Waals surface area (Å²) in [6, 6.07) is 10.3. The number of rotatable bonds is 6. The van der Waals surface area contributed by atoms with Gasteiger partial charge in [-0.15, -0.1) is 0 Å². The van der Waals surface area contributed by atoms with E-state index in [0.717, 1.165) is 0 Å². The van der Waals surface area contributed by atoms with E-state index in [1.165, 1.54) is 10.4 Å². The van der Waals surface area contributed by atoms with Gasteiger partial charge in [0, 0.05) is 30.4 Å². The van der Waals surface area contributed by atoms with Gasteiger partial charge in [0.05, 0.1) is 17.0 Å². The Labute approximate surface area is 121 Å². The Morgan fingerprint density at radius 3 is 2.11 bits per heavy atom. The summed E-state index contributed by atoms with van der Waals surface area (Å²) in [5.41, 5.74) is 0. The summed E-state index contributed by atoms with van der Waals surface area (Å²) in [5.74, 6) is 0. The Balaban J connectivity index is 3.09. The van der Waals surface area contributed by atoms with Crippen molar-refractivity contribution in [1.29, 1.82) is 10.5 Å². The van der Waals surface area contributed by atoms with Gasteiger partial charge in [0.15, 0.2) is 0 Å². The molecular formula is C12H12BrN3O2S. The quantitative estimate of drug-likeness (QED) is 0.794. The monoisotopic (exact) mass is 341 g/mol. The summed E-state index contributed by atoms with van der Waals surface area (Å²) >= 11 is 3.20. The first kappa shape index (κ1) is 15.6. The van der Waals surface area contributed by atoms with E-state index in [0.29, 0.717) is 4.47 Å². The number of halogens is 1. The second-order valence-corrected chi connectivity index (χ2v) is 6.41. The van der Waals surface area contributed by atoms with Gasteiger partial charge in [-0.2, -0.15) is 14.8 Å². The summed E-state index contributed by atoms with van der Waals surface area (Å²) in [6.45, 7) is 0.170. The van der Waals surface area contributed by atoms with Gasteiger partial charge in [-0.1, -0.05) is 12.1 Å². The zero-order chi connectivity index (χ0) is 14.3. The second kappa shape index (κ2) is 7.25. The Kier molecular flexibility index (Phi) is 5.97. The highest BCUT2D eigenvalue weighted by Crippen LogP contribution is 2.24. The Morgan fingerprint density at radius 2 is 1.63 bits per heavy atom. The van der Waals surface area contributed by atoms with Crippen LogP contribution in [0.15, 0.2) is 33.6 Å². The highest BCUT2D eigenvalue weighted by atomic mass is 79.9. The maximum Gasteiger partial charge on any atom is 0.244 e. The van der Waals surface area contributed by atoms with Gasteiger partial charge in [0.1, 0.15) is 0 Å². The molecule has 0 N–H and O–H groups in total. The molecule has 0 bridgehead atoms. The number of sulfonamides is 1. The Bertz CT molecular complexity index is 599. The molecule has 0 aliphatic rings. The zero-order valence-electron chi connectivity index (χ0n) is 10.1. The third-order valence-corrected chi connectivity index (χ3v) is 5.31. The first-order valence-corrected chi connectivity index (χ1v) is 7.76. The predicted octanol–water partition coefficient (Wildman–Crippen LogP) is 2.27. The molecule has 0 atom stereocenters. The van der Waals surface area contributed by atoms with E-state index in [-0.39, 0.29) is 30.8 Å². The van der Waals surface area contributed by atoms with Crippen molar-refractivity contribution in [3.8, 4) is 12.1 Å². The molecule has 0 aliphatic heterocycles. The molecule has 0 amide bonds. The predicted molar refractivity (Wildman–Crippen MR) is 73.4 cm³/mol. The van der Waals surface area contributed by atoms with Crippen molar-refractivity contribution in [2.75, 3.05) is 13.1 Å². The molecular weight excluding hydrogens is 330 g/mol. The first-order valence-electron chi connectivity index (χ1n) is 5.52. The van der Waals surface area contributed by atoms with Gasteiger partial charge in [-0.05, 0) is 28.1 Å². The van der Waals surface area contributed by atoms with Crippen LogP contribution in [0.1, 0.15) is 12.8 Å². The normalized spacial score (nSPS) is 10.9. The van der Waals surface area contributed by atoms with Crippen molar-refractivity contribution < 1.29 is 8.42 Å². The molecule has 0 unspecified atom stereocenters. The van der Waals surface area contributed by atoms with Crippen LogP contribution in [-0.4, -0.2) is 25.8 Å². The molecule has 7 heteroatoms. The lowest BCUT2D eigenvalue weighted by molar-refractivity contribution is 0.424. The van der Waals surface area contributed by atoms with Crippen LogP contribution in [0.4, 0.5) is 0 Å². The molecule has 0 aliphatic carbocycles. The number of hydrogen-bond acceptors (Lipinski definition) is 4. The highest BCUT2D eigenvalue weighted by molar-refractivity contribution is 9.10. The molecule has 1 aromatic carbocycles. The standard InChI is InChI=1S/C12H12BrN3O2S/c13-11-5-1-2-6-12(11)19(17,18)16(9-3-7-14)10-4-8-15/h1-2,5-6H,3-4,9-10H2. The third-order valence-electron chi connectivity index (χ3n) is 2.40. The van der Waals surface area contributed by atoms with Gasteiger partial charge in [-0.3, -0.25) is 0 Å². The molecule has 0 saturated heterocycles. The van der Waals surface area contributed by atoms with Gasteiger partial charge in [0.25, 0.3) is 0 Å². The van der Waals surface area contributed by atoms with Gasteiger partial charge < -0.3 is 0 Å². The molecule has 0 fully saturated rings. The summed E-state index contributed by atoms with van der Waals surface area (Å²) in [6.07, 6.45) is 0.185. The fourth-order valence-electron chi connectivity index (χ4n) is 1.49. The average molecular weight is 342 g/mol. The van der Waals surface area contributed by atoms with Crippen LogP contribution in [0.5, 0.6) is 0 Å². The fraction of sp³-hybridized carbons (Fsp3) is 0.333. The van der Waals surface area contributed by atoms with Crippen molar-refractivity contribution in [1.82, 2.24) is 4.31 Å². The van der Waals surface area contributed by atoms with Crippen molar-refractivity contribution >= 4 is 26.0 Å².